The number of hydrogen-bond donors (Lipinski definition) is 0. The van der Waals surface area contributed by atoms with E-state index in [2.05, 4.69) is 152 Å². The molecule has 0 aliphatic heterocycles. The van der Waals surface area contributed by atoms with Crippen molar-refractivity contribution in [1.82, 2.24) is 0 Å². The van der Waals surface area contributed by atoms with Gasteiger partial charge in [-0.05, 0) is 79.3 Å². The summed E-state index contributed by atoms with van der Waals surface area (Å²) in [6.07, 6.45) is 10.1. The van der Waals surface area contributed by atoms with Gasteiger partial charge in [-0.1, -0.05) is 189 Å². The largest absolute Gasteiger partial charge is 0.0651 e. The predicted molar refractivity (Wildman–Crippen MR) is 211 cm³/mol. The SMILES string of the molecule is CCCC1=Cc2c(ccc(C(C)(C)C)c2-c2ccccc2)C1C[SiH2]CC1C(CCC)=Cc2c1ccc(C(C)(C)C)c2-c1ccccc1. The average Bonchev–Trinajstić information content (AvgIpc) is 3.57. The molecule has 0 heterocycles. The highest BCUT2D eigenvalue weighted by Gasteiger charge is 2.33. The highest BCUT2D eigenvalue weighted by molar-refractivity contribution is 6.36. The van der Waals surface area contributed by atoms with Crippen molar-refractivity contribution in [2.45, 2.75) is 116 Å². The van der Waals surface area contributed by atoms with Crippen molar-refractivity contribution in [2.75, 3.05) is 0 Å². The van der Waals surface area contributed by atoms with Crippen LogP contribution in [0.3, 0.4) is 0 Å². The Labute approximate surface area is 288 Å². The molecule has 2 aliphatic carbocycles. The van der Waals surface area contributed by atoms with Crippen molar-refractivity contribution in [3.05, 3.63) is 129 Å². The summed E-state index contributed by atoms with van der Waals surface area (Å²) in [4.78, 5) is 0. The van der Waals surface area contributed by atoms with Gasteiger partial charge in [-0.2, -0.15) is 0 Å². The minimum atomic E-state index is -0.330. The van der Waals surface area contributed by atoms with Crippen LogP contribution in [0.4, 0.5) is 0 Å². The standard InChI is InChI=1S/C46H56Si/c1-9-17-33-27-37-35(23-25-41(45(3,4)5)43(37)31-19-13-11-14-20-31)39(33)29-47-30-40-34(18-10-2)28-38-36(40)24-26-42(46(6,7)8)44(38)32-21-15-12-16-22-32/h11-16,19-28,39-40H,9-10,17-18,29-30,47H2,1-8H3. The van der Waals surface area contributed by atoms with Gasteiger partial charge in [0.2, 0.25) is 0 Å². The summed E-state index contributed by atoms with van der Waals surface area (Å²) in [6.45, 7) is 18.9. The topological polar surface area (TPSA) is 0 Å². The summed E-state index contributed by atoms with van der Waals surface area (Å²) in [5.74, 6) is 1.16. The molecule has 2 unspecified atom stereocenters. The molecule has 0 bridgehead atoms. The van der Waals surface area contributed by atoms with Crippen molar-refractivity contribution in [1.29, 1.82) is 0 Å². The van der Waals surface area contributed by atoms with E-state index in [0.717, 1.165) is 0 Å². The molecule has 0 saturated heterocycles. The Morgan fingerprint density at radius 3 is 1.23 bits per heavy atom. The Balaban J connectivity index is 1.34. The van der Waals surface area contributed by atoms with Crippen LogP contribution in [0.5, 0.6) is 0 Å². The van der Waals surface area contributed by atoms with Gasteiger partial charge in [-0.25, -0.2) is 0 Å². The Kier molecular flexibility index (Phi) is 9.68. The van der Waals surface area contributed by atoms with Crippen molar-refractivity contribution >= 4 is 21.7 Å². The maximum atomic E-state index is 2.61. The maximum Gasteiger partial charge on any atom is 0.0218 e. The zero-order valence-electron chi connectivity index (χ0n) is 30.3. The summed E-state index contributed by atoms with van der Waals surface area (Å²) in [6, 6.07) is 35.0. The number of allylic oxidation sites excluding steroid dienone is 2. The third kappa shape index (κ3) is 6.66. The molecule has 0 N–H and O–H groups in total. The fourth-order valence-electron chi connectivity index (χ4n) is 8.52. The minimum absolute atomic E-state index is 0.0924. The molecule has 0 amide bonds. The first kappa shape index (κ1) is 33.5. The summed E-state index contributed by atoms with van der Waals surface area (Å²) >= 11 is 0. The minimum Gasteiger partial charge on any atom is -0.0651 e. The summed E-state index contributed by atoms with van der Waals surface area (Å²) in [5, 5.41) is 0. The number of rotatable bonds is 10. The van der Waals surface area contributed by atoms with E-state index in [1.807, 2.05) is 0 Å². The van der Waals surface area contributed by atoms with Crippen molar-refractivity contribution in [3.63, 3.8) is 0 Å². The van der Waals surface area contributed by atoms with E-state index in [0.29, 0.717) is 11.8 Å². The molecule has 0 nitrogen and oxygen atoms in total. The van der Waals surface area contributed by atoms with Gasteiger partial charge in [0, 0.05) is 21.4 Å². The normalized spacial score (nSPS) is 17.6. The van der Waals surface area contributed by atoms with Crippen LogP contribution in [-0.2, 0) is 10.8 Å². The lowest BCUT2D eigenvalue weighted by Gasteiger charge is -2.27. The van der Waals surface area contributed by atoms with Crippen molar-refractivity contribution in [2.24, 2.45) is 0 Å². The fourth-order valence-corrected chi connectivity index (χ4v) is 10.9. The van der Waals surface area contributed by atoms with E-state index in [1.165, 1.54) is 82.3 Å². The molecule has 0 spiro atoms. The molecule has 6 rings (SSSR count). The van der Waals surface area contributed by atoms with Crippen LogP contribution >= 0.6 is 0 Å². The van der Waals surface area contributed by atoms with E-state index < -0.39 is 0 Å². The van der Waals surface area contributed by atoms with Gasteiger partial charge in [-0.15, -0.1) is 0 Å². The third-order valence-corrected chi connectivity index (χ3v) is 12.6. The number of benzene rings is 4. The van der Waals surface area contributed by atoms with Crippen LogP contribution < -0.4 is 0 Å². The summed E-state index contributed by atoms with van der Waals surface area (Å²) in [7, 11) is -0.330. The van der Waals surface area contributed by atoms with Crippen LogP contribution in [0.2, 0.25) is 12.1 Å². The summed E-state index contributed by atoms with van der Waals surface area (Å²) in [5.41, 5.74) is 18.3. The highest BCUT2D eigenvalue weighted by Crippen LogP contribution is 2.50. The highest BCUT2D eigenvalue weighted by atomic mass is 28.2. The van der Waals surface area contributed by atoms with Gasteiger partial charge in [0.25, 0.3) is 0 Å². The Bertz CT molecular complexity index is 1640. The Morgan fingerprint density at radius 1 is 0.511 bits per heavy atom. The number of hydrogen-bond acceptors (Lipinski definition) is 0. The Hall–Kier alpha value is -3.42. The fraction of sp³-hybridized carbons (Fsp3) is 0.391. The van der Waals surface area contributed by atoms with E-state index in [1.54, 1.807) is 22.3 Å². The molecule has 2 aliphatic rings. The lowest BCUT2D eigenvalue weighted by Crippen LogP contribution is -2.15. The van der Waals surface area contributed by atoms with E-state index in [4.69, 9.17) is 0 Å². The second-order valence-corrected chi connectivity index (χ2v) is 18.1. The molecular weight excluding hydrogens is 581 g/mol. The van der Waals surface area contributed by atoms with Crippen molar-refractivity contribution < 1.29 is 0 Å². The second-order valence-electron chi connectivity index (χ2n) is 16.2. The molecule has 4 aromatic carbocycles. The smallest absolute Gasteiger partial charge is 0.0218 e. The maximum absolute atomic E-state index is 2.61. The van der Waals surface area contributed by atoms with Crippen LogP contribution in [-0.4, -0.2) is 9.52 Å². The van der Waals surface area contributed by atoms with Gasteiger partial charge < -0.3 is 0 Å². The van der Waals surface area contributed by atoms with Gasteiger partial charge in [0.05, 0.1) is 0 Å². The zero-order chi connectivity index (χ0) is 33.3. The molecule has 0 saturated carbocycles. The third-order valence-electron chi connectivity index (χ3n) is 10.7. The summed E-state index contributed by atoms with van der Waals surface area (Å²) < 4.78 is 0. The Morgan fingerprint density at radius 2 is 0.894 bits per heavy atom. The van der Waals surface area contributed by atoms with E-state index in [-0.39, 0.29) is 20.3 Å². The quantitative estimate of drug-likeness (QED) is 0.152. The van der Waals surface area contributed by atoms with Crippen LogP contribution in [0, 0.1) is 0 Å². The average molecular weight is 637 g/mol. The molecule has 2 atom stereocenters. The van der Waals surface area contributed by atoms with E-state index >= 15 is 0 Å². The first-order chi connectivity index (χ1) is 22.5. The monoisotopic (exact) mass is 636 g/mol. The number of fused-ring (bicyclic) bond motifs is 2. The lowest BCUT2D eigenvalue weighted by molar-refractivity contribution is 0.591. The first-order valence-corrected chi connectivity index (χ1v) is 20.4. The molecule has 244 valence electrons. The van der Waals surface area contributed by atoms with Crippen LogP contribution in [0.1, 0.15) is 126 Å². The zero-order valence-corrected chi connectivity index (χ0v) is 31.8. The molecule has 0 aromatic heterocycles. The lowest BCUT2D eigenvalue weighted by atomic mass is 9.78. The van der Waals surface area contributed by atoms with Crippen LogP contribution in [0.15, 0.2) is 96.1 Å². The molecule has 47 heavy (non-hydrogen) atoms. The van der Waals surface area contributed by atoms with Crippen LogP contribution in [0.25, 0.3) is 34.4 Å². The van der Waals surface area contributed by atoms with Gasteiger partial charge in [0.1, 0.15) is 0 Å². The predicted octanol–water partition coefficient (Wildman–Crippen LogP) is 12.9. The van der Waals surface area contributed by atoms with Gasteiger partial charge >= 0.3 is 0 Å². The van der Waals surface area contributed by atoms with Crippen molar-refractivity contribution in [3.8, 4) is 22.3 Å². The van der Waals surface area contributed by atoms with Gasteiger partial charge in [-0.3, -0.25) is 0 Å². The molecule has 0 fully saturated rings. The first-order valence-electron chi connectivity index (χ1n) is 18.4. The van der Waals surface area contributed by atoms with Gasteiger partial charge in [0.15, 0.2) is 0 Å². The molecule has 4 aromatic rings. The molecule has 0 radical (unpaired) electrons. The second kappa shape index (κ2) is 13.6. The van der Waals surface area contributed by atoms with E-state index in [9.17, 15) is 0 Å². The molecule has 1 heteroatoms. The molecular formula is C46H56Si.